The van der Waals surface area contributed by atoms with Crippen molar-refractivity contribution < 1.29 is 9.53 Å². The van der Waals surface area contributed by atoms with E-state index < -0.39 is 0 Å². The maximum atomic E-state index is 11.5. The van der Waals surface area contributed by atoms with Gasteiger partial charge in [0, 0.05) is 24.8 Å². The third kappa shape index (κ3) is 4.43. The van der Waals surface area contributed by atoms with Crippen LogP contribution in [-0.2, 0) is 9.53 Å². The molecule has 1 N–H and O–H groups in total. The van der Waals surface area contributed by atoms with Gasteiger partial charge in [0.1, 0.15) is 0 Å². The number of amides is 1. The number of thioether (sulfide) groups is 1. The molecule has 1 aliphatic rings. The van der Waals surface area contributed by atoms with Crippen LogP contribution in [0.2, 0.25) is 0 Å². The molecule has 0 aliphatic heterocycles. The van der Waals surface area contributed by atoms with Crippen molar-refractivity contribution in [2.24, 2.45) is 0 Å². The molecular formula is C11H21NO2S. The lowest BCUT2D eigenvalue weighted by molar-refractivity contribution is -0.122. The second-order valence-corrected chi connectivity index (χ2v) is 5.36. The van der Waals surface area contributed by atoms with E-state index >= 15 is 0 Å². The van der Waals surface area contributed by atoms with E-state index in [9.17, 15) is 4.79 Å². The first-order chi connectivity index (χ1) is 7.27. The third-order valence-electron chi connectivity index (χ3n) is 2.71. The number of hydrogen-bond acceptors (Lipinski definition) is 3. The van der Waals surface area contributed by atoms with Gasteiger partial charge in [0.15, 0.2) is 0 Å². The Bertz CT molecular complexity index is 199. The van der Waals surface area contributed by atoms with Crippen LogP contribution in [-0.4, -0.2) is 36.7 Å². The minimum absolute atomic E-state index is 0.130. The zero-order chi connectivity index (χ0) is 11.1. The van der Waals surface area contributed by atoms with Crippen LogP contribution in [0.15, 0.2) is 0 Å². The van der Waals surface area contributed by atoms with Crippen molar-refractivity contribution in [3.05, 3.63) is 0 Å². The van der Waals surface area contributed by atoms with Gasteiger partial charge >= 0.3 is 0 Å². The molecule has 0 radical (unpaired) electrons. The average Bonchev–Trinajstić information content (AvgIpc) is 2.63. The van der Waals surface area contributed by atoms with Gasteiger partial charge in [-0.15, -0.1) is 0 Å². The molecule has 2 atom stereocenters. The van der Waals surface area contributed by atoms with Gasteiger partial charge in [-0.25, -0.2) is 0 Å². The Morgan fingerprint density at radius 3 is 3.00 bits per heavy atom. The molecule has 0 aromatic rings. The zero-order valence-electron chi connectivity index (χ0n) is 9.62. The molecule has 0 aromatic carbocycles. The smallest absolute Gasteiger partial charge is 0.222 e. The van der Waals surface area contributed by atoms with E-state index in [4.69, 9.17) is 4.74 Å². The largest absolute Gasteiger partial charge is 0.384 e. The van der Waals surface area contributed by atoms with Crippen molar-refractivity contribution in [3.8, 4) is 0 Å². The van der Waals surface area contributed by atoms with E-state index in [0.717, 1.165) is 12.2 Å². The average molecular weight is 231 g/mol. The fourth-order valence-corrected chi connectivity index (χ4v) is 3.18. The first-order valence-electron chi connectivity index (χ1n) is 5.67. The highest BCUT2D eigenvalue weighted by atomic mass is 32.2. The van der Waals surface area contributed by atoms with E-state index in [1.165, 1.54) is 12.8 Å². The summed E-state index contributed by atoms with van der Waals surface area (Å²) in [4.78, 5) is 11.5. The van der Waals surface area contributed by atoms with Gasteiger partial charge in [0.05, 0.1) is 6.61 Å². The Labute approximate surface area is 96.3 Å². The number of carbonyl (C=O) groups is 1. The monoisotopic (exact) mass is 231 g/mol. The van der Waals surface area contributed by atoms with Crippen molar-refractivity contribution in [2.45, 2.75) is 43.9 Å². The second kappa shape index (κ2) is 7.12. The SMILES string of the molecule is CCS[C@H]1CCC[C@@H]1NC(=O)CCOC. The van der Waals surface area contributed by atoms with Crippen LogP contribution >= 0.6 is 11.8 Å². The molecule has 1 fully saturated rings. The number of carbonyl (C=O) groups excluding carboxylic acids is 1. The summed E-state index contributed by atoms with van der Waals surface area (Å²) in [6.45, 7) is 2.69. The number of methoxy groups -OCH3 is 1. The Kier molecular flexibility index (Phi) is 6.10. The van der Waals surface area contributed by atoms with Gasteiger partial charge in [-0.3, -0.25) is 4.79 Å². The summed E-state index contributed by atoms with van der Waals surface area (Å²) in [5.74, 6) is 1.26. The highest BCUT2D eigenvalue weighted by Crippen LogP contribution is 2.29. The summed E-state index contributed by atoms with van der Waals surface area (Å²) in [7, 11) is 1.62. The molecule has 3 nitrogen and oxygen atoms in total. The van der Waals surface area contributed by atoms with E-state index in [1.54, 1.807) is 7.11 Å². The number of nitrogens with one attached hydrogen (secondary N) is 1. The van der Waals surface area contributed by atoms with Crippen molar-refractivity contribution in [2.75, 3.05) is 19.5 Å². The van der Waals surface area contributed by atoms with Gasteiger partial charge in [-0.2, -0.15) is 11.8 Å². The third-order valence-corrected chi connectivity index (χ3v) is 4.04. The molecule has 0 unspecified atom stereocenters. The molecular weight excluding hydrogens is 210 g/mol. The summed E-state index contributed by atoms with van der Waals surface area (Å²) < 4.78 is 4.89. The summed E-state index contributed by atoms with van der Waals surface area (Å²) >= 11 is 1.97. The van der Waals surface area contributed by atoms with Crippen LogP contribution < -0.4 is 5.32 Å². The lowest BCUT2D eigenvalue weighted by Gasteiger charge is -2.19. The molecule has 15 heavy (non-hydrogen) atoms. The molecule has 1 amide bonds. The van der Waals surface area contributed by atoms with Gasteiger partial charge in [-0.05, 0) is 18.6 Å². The number of rotatable bonds is 6. The molecule has 0 aromatic heterocycles. The molecule has 0 saturated heterocycles. The lowest BCUT2D eigenvalue weighted by Crippen LogP contribution is -2.39. The molecule has 1 saturated carbocycles. The maximum absolute atomic E-state index is 11.5. The molecule has 1 aliphatic carbocycles. The Morgan fingerprint density at radius 1 is 1.53 bits per heavy atom. The molecule has 1 rings (SSSR count). The van der Waals surface area contributed by atoms with Crippen molar-refractivity contribution in [1.29, 1.82) is 0 Å². The predicted octanol–water partition coefficient (Wildman–Crippen LogP) is 1.81. The van der Waals surface area contributed by atoms with E-state index in [-0.39, 0.29) is 5.91 Å². The van der Waals surface area contributed by atoms with Crippen LogP contribution in [0.25, 0.3) is 0 Å². The maximum Gasteiger partial charge on any atom is 0.222 e. The minimum Gasteiger partial charge on any atom is -0.384 e. The molecule has 0 bridgehead atoms. The first-order valence-corrected chi connectivity index (χ1v) is 6.72. The van der Waals surface area contributed by atoms with Gasteiger partial charge in [0.25, 0.3) is 0 Å². The predicted molar refractivity (Wildman–Crippen MR) is 64.2 cm³/mol. The molecule has 88 valence electrons. The topological polar surface area (TPSA) is 38.3 Å². The van der Waals surface area contributed by atoms with Crippen LogP contribution in [0.3, 0.4) is 0 Å². The minimum atomic E-state index is 0.130. The van der Waals surface area contributed by atoms with Gasteiger partial charge < -0.3 is 10.1 Å². The fourth-order valence-electron chi connectivity index (χ4n) is 1.98. The summed E-state index contributed by atoms with van der Waals surface area (Å²) in [6.07, 6.45) is 4.10. The van der Waals surface area contributed by atoms with Crippen molar-refractivity contribution >= 4 is 17.7 Å². The fraction of sp³-hybridized carbons (Fsp3) is 0.909. The Morgan fingerprint density at radius 2 is 2.33 bits per heavy atom. The van der Waals surface area contributed by atoms with Crippen LogP contribution in [0.5, 0.6) is 0 Å². The van der Waals surface area contributed by atoms with Gasteiger partial charge in [-0.1, -0.05) is 13.3 Å². The second-order valence-electron chi connectivity index (χ2n) is 3.84. The standard InChI is InChI=1S/C11H21NO2S/c1-3-15-10-6-4-5-9(10)12-11(13)7-8-14-2/h9-10H,3-8H2,1-2H3,(H,12,13)/t9-,10-/m0/s1. The highest BCUT2D eigenvalue weighted by Gasteiger charge is 2.27. The summed E-state index contributed by atoms with van der Waals surface area (Å²) in [5.41, 5.74) is 0. The Hall–Kier alpha value is -0.220. The lowest BCUT2D eigenvalue weighted by atomic mass is 10.2. The van der Waals surface area contributed by atoms with E-state index in [0.29, 0.717) is 24.3 Å². The van der Waals surface area contributed by atoms with Crippen molar-refractivity contribution in [1.82, 2.24) is 5.32 Å². The normalized spacial score (nSPS) is 25.5. The quantitative estimate of drug-likeness (QED) is 0.757. The van der Waals surface area contributed by atoms with E-state index in [1.807, 2.05) is 11.8 Å². The van der Waals surface area contributed by atoms with Gasteiger partial charge in [0.2, 0.25) is 5.91 Å². The Balaban J connectivity index is 2.26. The number of ether oxygens (including phenoxy) is 1. The van der Waals surface area contributed by atoms with E-state index in [2.05, 4.69) is 12.2 Å². The summed E-state index contributed by atoms with van der Waals surface area (Å²) in [6, 6.07) is 0.388. The van der Waals surface area contributed by atoms with Crippen LogP contribution in [0.4, 0.5) is 0 Å². The first kappa shape index (κ1) is 12.8. The van der Waals surface area contributed by atoms with Crippen LogP contribution in [0.1, 0.15) is 32.6 Å². The molecule has 0 spiro atoms. The van der Waals surface area contributed by atoms with Crippen LogP contribution in [0, 0.1) is 0 Å². The molecule has 0 heterocycles. The molecule has 4 heteroatoms. The summed E-state index contributed by atoms with van der Waals surface area (Å²) in [5, 5.41) is 3.74. The highest BCUT2D eigenvalue weighted by molar-refractivity contribution is 7.99. The van der Waals surface area contributed by atoms with Crippen molar-refractivity contribution in [3.63, 3.8) is 0 Å². The number of hydrogen-bond donors (Lipinski definition) is 1. The zero-order valence-corrected chi connectivity index (χ0v) is 10.4.